The minimum Gasteiger partial charge on any atom is -0.454 e. The lowest BCUT2D eigenvalue weighted by molar-refractivity contribution is -0.122. The highest BCUT2D eigenvalue weighted by atomic mass is 35.5. The number of benzene rings is 2. The Balaban J connectivity index is 1.56. The van der Waals surface area contributed by atoms with Gasteiger partial charge in [-0.2, -0.15) is 0 Å². The Bertz CT molecular complexity index is 1430. The molecule has 0 saturated carbocycles. The molecule has 1 saturated heterocycles. The van der Waals surface area contributed by atoms with Crippen molar-refractivity contribution in [1.82, 2.24) is 9.88 Å². The summed E-state index contributed by atoms with van der Waals surface area (Å²) < 4.78 is 12.5. The van der Waals surface area contributed by atoms with Crippen LogP contribution in [0.5, 0.6) is 11.5 Å². The molecule has 0 radical (unpaired) electrons. The molecule has 172 valence electrons. The normalized spacial score (nSPS) is 16.4. The van der Waals surface area contributed by atoms with Crippen LogP contribution < -0.4 is 19.7 Å². The summed E-state index contributed by atoms with van der Waals surface area (Å²) in [6, 6.07) is 10.8. The van der Waals surface area contributed by atoms with Crippen LogP contribution in [0, 0.1) is 13.8 Å². The second-order valence-electron chi connectivity index (χ2n) is 7.75. The number of nitrogens with zero attached hydrogens (tertiary/aromatic N) is 2. The van der Waals surface area contributed by atoms with Gasteiger partial charge in [-0.25, -0.2) is 9.69 Å². The number of urea groups is 1. The number of carbonyl (C=O) groups excluding carboxylic acids is 3. The molecule has 4 amide bonds. The quantitative estimate of drug-likeness (QED) is 0.414. The third-order valence-electron chi connectivity index (χ3n) is 5.64. The fourth-order valence-electron chi connectivity index (χ4n) is 4.03. The van der Waals surface area contributed by atoms with Crippen LogP contribution in [0.4, 0.5) is 10.5 Å². The highest BCUT2D eigenvalue weighted by Gasteiger charge is 2.37. The molecule has 0 unspecified atom stereocenters. The zero-order valence-electron chi connectivity index (χ0n) is 18.0. The van der Waals surface area contributed by atoms with Crippen molar-refractivity contribution in [1.29, 1.82) is 0 Å². The monoisotopic (exact) mass is 497 g/mol. The molecular weight excluding hydrogens is 481 g/mol. The highest BCUT2D eigenvalue weighted by molar-refractivity contribution is 6.39. The molecule has 2 aliphatic rings. The average molecular weight is 498 g/mol. The molecule has 0 atom stereocenters. The van der Waals surface area contributed by atoms with Crippen LogP contribution in [-0.4, -0.2) is 29.2 Å². The minimum atomic E-state index is -0.845. The van der Waals surface area contributed by atoms with Gasteiger partial charge in [0.1, 0.15) is 5.57 Å². The van der Waals surface area contributed by atoms with Crippen molar-refractivity contribution in [3.63, 3.8) is 0 Å². The summed E-state index contributed by atoms with van der Waals surface area (Å²) >= 11 is 12.5. The number of hydrogen-bond donors (Lipinski definition) is 1. The molecule has 2 aliphatic heterocycles. The molecule has 1 N–H and O–H groups in total. The number of halogens is 2. The van der Waals surface area contributed by atoms with E-state index in [9.17, 15) is 14.4 Å². The summed E-state index contributed by atoms with van der Waals surface area (Å²) in [4.78, 5) is 39.3. The third kappa shape index (κ3) is 3.61. The molecule has 0 bridgehead atoms. The van der Waals surface area contributed by atoms with Crippen molar-refractivity contribution in [2.24, 2.45) is 0 Å². The number of fused-ring (bicyclic) bond motifs is 1. The van der Waals surface area contributed by atoms with Crippen molar-refractivity contribution in [3.05, 3.63) is 75.0 Å². The van der Waals surface area contributed by atoms with Gasteiger partial charge in [-0.05, 0) is 61.9 Å². The van der Waals surface area contributed by atoms with Crippen LogP contribution in [0.2, 0.25) is 10.0 Å². The summed E-state index contributed by atoms with van der Waals surface area (Å²) in [7, 11) is 0. The van der Waals surface area contributed by atoms with Gasteiger partial charge in [-0.15, -0.1) is 0 Å². The third-order valence-corrected chi connectivity index (χ3v) is 6.19. The lowest BCUT2D eigenvalue weighted by Gasteiger charge is -2.26. The van der Waals surface area contributed by atoms with Gasteiger partial charge in [-0.1, -0.05) is 23.2 Å². The Kier molecular flexibility index (Phi) is 5.34. The number of nitrogens with one attached hydrogen (secondary N) is 1. The first-order chi connectivity index (χ1) is 16.2. The van der Waals surface area contributed by atoms with Crippen LogP contribution in [0.1, 0.15) is 17.0 Å². The number of rotatable bonds is 3. The van der Waals surface area contributed by atoms with Crippen molar-refractivity contribution < 1.29 is 23.9 Å². The lowest BCUT2D eigenvalue weighted by atomic mass is 10.1. The zero-order valence-corrected chi connectivity index (χ0v) is 19.5. The molecule has 3 heterocycles. The predicted molar refractivity (Wildman–Crippen MR) is 127 cm³/mol. The topological polar surface area (TPSA) is 89.9 Å². The fourth-order valence-corrected chi connectivity index (χ4v) is 4.40. The SMILES string of the molecule is Cc1cc(/C=C2\C(=O)NC(=O)N(c3ccc4c(c3)OCO4)C2=O)c(C)n1-c1cc(Cl)ccc1Cl. The number of aromatic nitrogens is 1. The summed E-state index contributed by atoms with van der Waals surface area (Å²) in [5, 5.41) is 3.24. The van der Waals surface area contributed by atoms with Crippen LogP contribution in [0.3, 0.4) is 0 Å². The molecule has 0 spiro atoms. The summed E-state index contributed by atoms with van der Waals surface area (Å²) in [5.41, 5.74) is 2.91. The predicted octanol–water partition coefficient (Wildman–Crippen LogP) is 4.80. The van der Waals surface area contributed by atoms with Gasteiger partial charge in [-0.3, -0.25) is 14.9 Å². The molecule has 2 aromatic carbocycles. The minimum absolute atomic E-state index is 0.0504. The molecule has 1 aromatic heterocycles. The second-order valence-corrected chi connectivity index (χ2v) is 8.60. The molecule has 5 rings (SSSR count). The van der Waals surface area contributed by atoms with Crippen LogP contribution in [-0.2, 0) is 9.59 Å². The van der Waals surface area contributed by atoms with Gasteiger partial charge < -0.3 is 14.0 Å². The number of carbonyl (C=O) groups is 3. The number of aryl methyl sites for hydroxylation is 1. The Morgan fingerprint density at radius 2 is 1.74 bits per heavy atom. The Hall–Kier alpha value is -3.75. The van der Waals surface area contributed by atoms with E-state index in [1.165, 1.54) is 12.1 Å². The van der Waals surface area contributed by atoms with E-state index in [1.807, 2.05) is 24.5 Å². The van der Waals surface area contributed by atoms with E-state index in [0.717, 1.165) is 16.3 Å². The first-order valence-electron chi connectivity index (χ1n) is 10.2. The van der Waals surface area contributed by atoms with Gasteiger partial charge in [0, 0.05) is 22.5 Å². The van der Waals surface area contributed by atoms with E-state index in [0.29, 0.717) is 32.8 Å². The maximum Gasteiger partial charge on any atom is 0.335 e. The van der Waals surface area contributed by atoms with Crippen molar-refractivity contribution in [2.45, 2.75) is 13.8 Å². The molecule has 10 heteroatoms. The van der Waals surface area contributed by atoms with E-state index in [-0.39, 0.29) is 18.1 Å². The molecule has 3 aromatic rings. The van der Waals surface area contributed by atoms with E-state index >= 15 is 0 Å². The van der Waals surface area contributed by atoms with E-state index in [1.54, 1.807) is 30.3 Å². The highest BCUT2D eigenvalue weighted by Crippen LogP contribution is 2.36. The summed E-state index contributed by atoms with van der Waals surface area (Å²) in [5.74, 6) is -0.620. The van der Waals surface area contributed by atoms with E-state index < -0.39 is 17.8 Å². The second kappa shape index (κ2) is 8.23. The number of imide groups is 2. The molecular formula is C24H17Cl2N3O5. The first kappa shape index (κ1) is 22.1. The standard InChI is InChI=1S/C24H17Cl2N3O5/c1-12-7-14(13(2)28(12)19-9-15(25)3-5-18(19)26)8-17-22(30)27-24(32)29(23(17)31)16-4-6-20-21(10-16)34-11-33-20/h3-10H,11H2,1-2H3,(H,27,30,32)/b17-8+. The summed E-state index contributed by atoms with van der Waals surface area (Å²) in [6.45, 7) is 3.76. The molecule has 0 aliphatic carbocycles. The van der Waals surface area contributed by atoms with Gasteiger partial charge in [0.2, 0.25) is 6.79 Å². The van der Waals surface area contributed by atoms with Gasteiger partial charge in [0.25, 0.3) is 11.8 Å². The number of hydrogen-bond acceptors (Lipinski definition) is 5. The van der Waals surface area contributed by atoms with Gasteiger partial charge >= 0.3 is 6.03 Å². The lowest BCUT2D eigenvalue weighted by Crippen LogP contribution is -2.54. The van der Waals surface area contributed by atoms with Crippen LogP contribution in [0.25, 0.3) is 11.8 Å². The number of amides is 4. The van der Waals surface area contributed by atoms with Crippen LogP contribution >= 0.6 is 23.2 Å². The summed E-state index contributed by atoms with van der Waals surface area (Å²) in [6.07, 6.45) is 1.46. The van der Waals surface area contributed by atoms with Crippen LogP contribution in [0.15, 0.2) is 48.0 Å². The molecule has 1 fully saturated rings. The fraction of sp³-hybridized carbons (Fsp3) is 0.125. The largest absolute Gasteiger partial charge is 0.454 e. The Morgan fingerprint density at radius 1 is 0.971 bits per heavy atom. The number of anilines is 1. The molecule has 8 nitrogen and oxygen atoms in total. The van der Waals surface area contributed by atoms with Crippen molar-refractivity contribution in [3.8, 4) is 17.2 Å². The first-order valence-corrected chi connectivity index (χ1v) is 11.0. The van der Waals surface area contributed by atoms with Crippen molar-refractivity contribution >= 4 is 52.8 Å². The van der Waals surface area contributed by atoms with Gasteiger partial charge in [0.15, 0.2) is 11.5 Å². The molecule has 34 heavy (non-hydrogen) atoms. The zero-order chi connectivity index (χ0) is 24.1. The smallest absolute Gasteiger partial charge is 0.335 e. The maximum atomic E-state index is 13.3. The number of barbiturate groups is 1. The average Bonchev–Trinajstić information content (AvgIpc) is 3.36. The van der Waals surface area contributed by atoms with E-state index in [4.69, 9.17) is 32.7 Å². The van der Waals surface area contributed by atoms with E-state index in [2.05, 4.69) is 5.32 Å². The Morgan fingerprint density at radius 3 is 2.53 bits per heavy atom. The number of ether oxygens (including phenoxy) is 2. The van der Waals surface area contributed by atoms with Gasteiger partial charge in [0.05, 0.1) is 16.4 Å². The van der Waals surface area contributed by atoms with Crippen molar-refractivity contribution in [2.75, 3.05) is 11.7 Å². The maximum absolute atomic E-state index is 13.3. The Labute approximate surface area is 204 Å².